The average molecular weight is 298 g/mol. The Bertz CT molecular complexity index is 598. The van der Waals surface area contributed by atoms with Gasteiger partial charge in [0.25, 0.3) is 5.91 Å². The average Bonchev–Trinajstić information content (AvgIpc) is 2.59. The Kier molecular flexibility index (Phi) is 5.49. The van der Waals surface area contributed by atoms with Gasteiger partial charge in [0.2, 0.25) is 0 Å². The Morgan fingerprint density at radius 3 is 2.55 bits per heavy atom. The lowest BCUT2D eigenvalue weighted by Crippen LogP contribution is -2.37. The zero-order valence-corrected chi connectivity index (χ0v) is 13.2. The van der Waals surface area contributed by atoms with Gasteiger partial charge in [-0.3, -0.25) is 4.79 Å². The lowest BCUT2D eigenvalue weighted by Gasteiger charge is -2.18. The molecule has 1 atom stereocenters. The molecule has 0 aliphatic heterocycles. The molecule has 0 fully saturated rings. The van der Waals surface area contributed by atoms with Gasteiger partial charge in [0, 0.05) is 31.5 Å². The van der Waals surface area contributed by atoms with Crippen LogP contribution in [0.4, 0.5) is 11.5 Å². The maximum absolute atomic E-state index is 12.0. The Balaban J connectivity index is 2.02. The summed E-state index contributed by atoms with van der Waals surface area (Å²) in [4.78, 5) is 18.4. The highest BCUT2D eigenvalue weighted by Gasteiger charge is 2.09. The summed E-state index contributed by atoms with van der Waals surface area (Å²) in [7, 11) is 3.82. The number of benzene rings is 1. The minimum atomic E-state index is -0.108. The van der Waals surface area contributed by atoms with Crippen LogP contribution < -0.4 is 15.5 Å². The number of anilines is 2. The van der Waals surface area contributed by atoms with Crippen molar-refractivity contribution in [2.24, 2.45) is 0 Å². The molecule has 0 radical (unpaired) electrons. The molecule has 1 heterocycles. The van der Waals surface area contributed by atoms with Gasteiger partial charge in [-0.15, -0.1) is 0 Å². The minimum Gasteiger partial charge on any atom is -0.350 e. The van der Waals surface area contributed by atoms with Crippen LogP contribution in [0.2, 0.25) is 0 Å². The van der Waals surface area contributed by atoms with E-state index in [0.717, 1.165) is 11.5 Å². The molecule has 5 heteroatoms. The van der Waals surface area contributed by atoms with Gasteiger partial charge < -0.3 is 15.5 Å². The first kappa shape index (κ1) is 16.0. The second kappa shape index (κ2) is 7.56. The zero-order valence-electron chi connectivity index (χ0n) is 13.2. The van der Waals surface area contributed by atoms with Crippen LogP contribution in [-0.2, 0) is 0 Å². The van der Waals surface area contributed by atoms with E-state index in [4.69, 9.17) is 0 Å². The van der Waals surface area contributed by atoms with Gasteiger partial charge in [0.1, 0.15) is 5.82 Å². The zero-order chi connectivity index (χ0) is 15.9. The fraction of sp³-hybridized carbons (Fsp3) is 0.294. The maximum Gasteiger partial charge on any atom is 0.252 e. The number of nitrogens with zero attached hydrogens (tertiary/aromatic N) is 2. The largest absolute Gasteiger partial charge is 0.350 e. The highest BCUT2D eigenvalue weighted by atomic mass is 16.1. The van der Waals surface area contributed by atoms with Gasteiger partial charge in [-0.2, -0.15) is 0 Å². The van der Waals surface area contributed by atoms with E-state index in [1.807, 2.05) is 62.3 Å². The molecule has 22 heavy (non-hydrogen) atoms. The van der Waals surface area contributed by atoms with Gasteiger partial charge in [0.05, 0.1) is 5.56 Å². The van der Waals surface area contributed by atoms with Crippen molar-refractivity contribution in [3.05, 3.63) is 54.2 Å². The number of carbonyl (C=O) groups excluding carboxylic acids is 1. The summed E-state index contributed by atoms with van der Waals surface area (Å²) in [5.74, 6) is 0.690. The van der Waals surface area contributed by atoms with E-state index in [0.29, 0.717) is 12.1 Å². The molecule has 0 bridgehead atoms. The van der Waals surface area contributed by atoms with Crippen LogP contribution in [0.25, 0.3) is 0 Å². The third-order valence-corrected chi connectivity index (χ3v) is 3.56. The molecular weight excluding hydrogens is 276 g/mol. The first-order valence-corrected chi connectivity index (χ1v) is 7.32. The molecule has 0 saturated carbocycles. The fourth-order valence-electron chi connectivity index (χ4n) is 1.95. The van der Waals surface area contributed by atoms with E-state index in [1.165, 1.54) is 0 Å². The quantitative estimate of drug-likeness (QED) is 0.858. The summed E-state index contributed by atoms with van der Waals surface area (Å²) in [6.45, 7) is 2.59. The van der Waals surface area contributed by atoms with Gasteiger partial charge in [-0.25, -0.2) is 4.98 Å². The smallest absolute Gasteiger partial charge is 0.252 e. The van der Waals surface area contributed by atoms with Crippen molar-refractivity contribution in [1.29, 1.82) is 0 Å². The summed E-state index contributed by atoms with van der Waals surface area (Å²) in [6, 6.07) is 13.9. The second-order valence-electron chi connectivity index (χ2n) is 5.20. The normalized spacial score (nSPS) is 11.8. The summed E-state index contributed by atoms with van der Waals surface area (Å²) < 4.78 is 0. The highest BCUT2D eigenvalue weighted by Crippen LogP contribution is 2.20. The number of carbonyl (C=O) groups is 1. The van der Waals surface area contributed by atoms with Gasteiger partial charge >= 0.3 is 0 Å². The van der Waals surface area contributed by atoms with E-state index < -0.39 is 0 Å². The molecule has 0 saturated heterocycles. The molecule has 2 aromatic rings. The number of amides is 1. The van der Waals surface area contributed by atoms with Crippen molar-refractivity contribution in [1.82, 2.24) is 15.6 Å². The first-order chi connectivity index (χ1) is 10.6. The van der Waals surface area contributed by atoms with Gasteiger partial charge in [-0.1, -0.05) is 18.2 Å². The van der Waals surface area contributed by atoms with Crippen LogP contribution in [-0.4, -0.2) is 37.6 Å². The lowest BCUT2D eigenvalue weighted by atomic mass is 10.2. The molecular formula is C17H22N4O. The molecule has 1 unspecified atom stereocenters. The van der Waals surface area contributed by atoms with Crippen LogP contribution in [0.3, 0.4) is 0 Å². The number of pyridine rings is 1. The van der Waals surface area contributed by atoms with Crippen molar-refractivity contribution in [3.8, 4) is 0 Å². The minimum absolute atomic E-state index is 0.108. The molecule has 116 valence electrons. The van der Waals surface area contributed by atoms with Crippen LogP contribution in [0.5, 0.6) is 0 Å². The molecule has 5 nitrogen and oxygen atoms in total. The standard InChI is InChI=1S/C17H22N4O/c1-13(18-2)11-20-17(22)14-9-10-16(19-12-14)21(3)15-7-5-4-6-8-15/h4-10,12-13,18H,11H2,1-3H3,(H,20,22). The fourth-order valence-corrected chi connectivity index (χ4v) is 1.95. The van der Waals surface area contributed by atoms with Gasteiger partial charge in [-0.05, 0) is 38.2 Å². The van der Waals surface area contributed by atoms with Crippen LogP contribution in [0.15, 0.2) is 48.7 Å². The number of aromatic nitrogens is 1. The van der Waals surface area contributed by atoms with Crippen molar-refractivity contribution < 1.29 is 4.79 Å². The lowest BCUT2D eigenvalue weighted by molar-refractivity contribution is 0.0950. The molecule has 0 aliphatic carbocycles. The number of likely N-dealkylation sites (N-methyl/N-ethyl adjacent to an activating group) is 1. The van der Waals surface area contributed by atoms with E-state index >= 15 is 0 Å². The van der Waals surface area contributed by atoms with Crippen molar-refractivity contribution >= 4 is 17.4 Å². The van der Waals surface area contributed by atoms with Crippen LogP contribution in [0.1, 0.15) is 17.3 Å². The maximum atomic E-state index is 12.0. The third-order valence-electron chi connectivity index (χ3n) is 3.56. The summed E-state index contributed by atoms with van der Waals surface area (Å²) in [5, 5.41) is 5.95. The van der Waals surface area contributed by atoms with Gasteiger partial charge in [0.15, 0.2) is 0 Å². The topological polar surface area (TPSA) is 57.3 Å². The number of hydrogen-bond acceptors (Lipinski definition) is 4. The molecule has 2 N–H and O–H groups in total. The van der Waals surface area contributed by atoms with Crippen molar-refractivity contribution in [2.45, 2.75) is 13.0 Å². The molecule has 1 aromatic heterocycles. The summed E-state index contributed by atoms with van der Waals surface area (Å²) in [5.41, 5.74) is 1.61. The Hall–Kier alpha value is -2.40. The van der Waals surface area contributed by atoms with E-state index in [-0.39, 0.29) is 11.9 Å². The summed E-state index contributed by atoms with van der Waals surface area (Å²) in [6.07, 6.45) is 1.61. The van der Waals surface area contributed by atoms with Crippen LogP contribution >= 0.6 is 0 Å². The Morgan fingerprint density at radius 2 is 1.95 bits per heavy atom. The highest BCUT2D eigenvalue weighted by molar-refractivity contribution is 5.94. The predicted molar refractivity (Wildman–Crippen MR) is 89.6 cm³/mol. The predicted octanol–water partition coefficient (Wildman–Crippen LogP) is 2.19. The molecule has 0 spiro atoms. The first-order valence-electron chi connectivity index (χ1n) is 7.32. The third kappa shape index (κ3) is 4.05. The number of para-hydroxylation sites is 1. The number of rotatable bonds is 6. The molecule has 1 amide bonds. The number of hydrogen-bond donors (Lipinski definition) is 2. The van der Waals surface area contributed by atoms with Crippen molar-refractivity contribution in [2.75, 3.05) is 25.5 Å². The van der Waals surface area contributed by atoms with E-state index in [9.17, 15) is 4.79 Å². The Morgan fingerprint density at radius 1 is 1.23 bits per heavy atom. The molecule has 0 aliphatic rings. The monoisotopic (exact) mass is 298 g/mol. The SMILES string of the molecule is CNC(C)CNC(=O)c1ccc(N(C)c2ccccc2)nc1. The molecule has 1 aromatic carbocycles. The van der Waals surface area contributed by atoms with Crippen molar-refractivity contribution in [3.63, 3.8) is 0 Å². The van der Waals surface area contributed by atoms with E-state index in [2.05, 4.69) is 15.6 Å². The Labute approximate surface area is 131 Å². The van der Waals surface area contributed by atoms with Crippen LogP contribution in [0, 0.1) is 0 Å². The number of nitrogens with one attached hydrogen (secondary N) is 2. The summed E-state index contributed by atoms with van der Waals surface area (Å²) >= 11 is 0. The molecule has 2 rings (SSSR count). The second-order valence-corrected chi connectivity index (χ2v) is 5.20. The van der Waals surface area contributed by atoms with E-state index in [1.54, 1.807) is 12.3 Å².